The van der Waals surface area contributed by atoms with Gasteiger partial charge in [-0.2, -0.15) is 0 Å². The molecule has 0 unspecified atom stereocenters. The number of hydrogen-bond donors (Lipinski definition) is 1. The maximum absolute atomic E-state index is 13.0. The number of quaternary nitrogens is 1. The van der Waals surface area contributed by atoms with E-state index in [4.69, 9.17) is 4.74 Å². The fourth-order valence-corrected chi connectivity index (χ4v) is 5.01. The Morgan fingerprint density at radius 2 is 1.62 bits per heavy atom. The van der Waals surface area contributed by atoms with Crippen LogP contribution in [0.4, 0.5) is 5.69 Å². The number of ether oxygens (including phenoxy) is 1. The predicted molar refractivity (Wildman–Crippen MR) is 139 cm³/mol. The van der Waals surface area contributed by atoms with E-state index in [1.54, 1.807) is 0 Å². The smallest absolute Gasteiger partial charge is 0.255 e. The molecule has 2 aliphatic rings. The van der Waals surface area contributed by atoms with Gasteiger partial charge in [0.25, 0.3) is 5.91 Å². The number of anilines is 1. The zero-order chi connectivity index (χ0) is 23.5. The third-order valence-electron chi connectivity index (χ3n) is 7.07. The Labute approximate surface area is 202 Å². The first-order chi connectivity index (χ1) is 16.5. The lowest BCUT2D eigenvalue weighted by Crippen LogP contribution is -2.46. The predicted octanol–water partition coefficient (Wildman–Crippen LogP) is 6.21. The number of carbonyl (C=O) groups excluding carboxylic acids is 1. The number of rotatable bonds is 5. The summed E-state index contributed by atoms with van der Waals surface area (Å²) in [6.07, 6.45) is 5.94. The molecule has 4 heteroatoms. The molecule has 2 aliphatic heterocycles. The van der Waals surface area contributed by atoms with Gasteiger partial charge < -0.3 is 14.5 Å². The molecular formula is C30H33N2O2+. The second-order valence-corrected chi connectivity index (χ2v) is 10.0. The number of carbonyl (C=O) groups is 1. The molecule has 1 amide bonds. The molecule has 174 valence electrons. The molecule has 0 bridgehead atoms. The number of amides is 1. The highest BCUT2D eigenvalue weighted by atomic mass is 16.5. The standard InChI is InChI=1S/C30H32N2O2/c1-22-6-10-24(11-7-22)25-12-15-29-26(18-25)19-27(21-34-29)30(33)31-28-13-8-23(9-14-28)20-32(2)16-4-3-5-17-32/h6-15,18-19H,3-5,16-17,20-21H2,1-2H3/p+1. The quantitative estimate of drug-likeness (QED) is 0.467. The SMILES string of the molecule is Cc1ccc(-c2ccc3c(c2)C=C(C(=O)Nc2ccc(C[N+]4(C)CCCCC4)cc2)CO3)cc1. The molecule has 0 aliphatic carbocycles. The highest BCUT2D eigenvalue weighted by Crippen LogP contribution is 2.32. The molecule has 1 N–H and O–H groups in total. The molecule has 1 fully saturated rings. The molecule has 3 aromatic rings. The number of nitrogens with one attached hydrogen (secondary N) is 1. The molecule has 0 saturated carbocycles. The van der Waals surface area contributed by atoms with Crippen molar-refractivity contribution < 1.29 is 14.0 Å². The topological polar surface area (TPSA) is 38.3 Å². The zero-order valence-electron chi connectivity index (χ0n) is 20.1. The van der Waals surface area contributed by atoms with Crippen LogP contribution in [0.5, 0.6) is 5.75 Å². The summed E-state index contributed by atoms with van der Waals surface area (Å²) >= 11 is 0. The normalized spacial score (nSPS) is 16.7. The van der Waals surface area contributed by atoms with Crippen LogP contribution in [0.3, 0.4) is 0 Å². The highest BCUT2D eigenvalue weighted by Gasteiger charge is 2.25. The van der Waals surface area contributed by atoms with Gasteiger partial charge in [-0.3, -0.25) is 4.79 Å². The molecule has 5 rings (SSSR count). The van der Waals surface area contributed by atoms with Crippen LogP contribution in [-0.4, -0.2) is 37.1 Å². The minimum Gasteiger partial charge on any atom is -0.488 e. The van der Waals surface area contributed by atoms with Crippen molar-refractivity contribution >= 4 is 17.7 Å². The fourth-order valence-electron chi connectivity index (χ4n) is 5.01. The average molecular weight is 454 g/mol. The van der Waals surface area contributed by atoms with Gasteiger partial charge in [-0.15, -0.1) is 0 Å². The van der Waals surface area contributed by atoms with Crippen molar-refractivity contribution in [1.29, 1.82) is 0 Å². The maximum atomic E-state index is 13.0. The van der Waals surface area contributed by atoms with Gasteiger partial charge in [0.15, 0.2) is 0 Å². The Kier molecular flexibility index (Phi) is 6.25. The monoisotopic (exact) mass is 453 g/mol. The molecule has 0 aromatic heterocycles. The lowest BCUT2D eigenvalue weighted by Gasteiger charge is -2.37. The van der Waals surface area contributed by atoms with Crippen LogP contribution < -0.4 is 10.1 Å². The fraction of sp³-hybridized carbons (Fsp3) is 0.300. The van der Waals surface area contributed by atoms with E-state index in [1.807, 2.05) is 24.3 Å². The summed E-state index contributed by atoms with van der Waals surface area (Å²) in [4.78, 5) is 13.0. The molecule has 0 spiro atoms. The van der Waals surface area contributed by atoms with Gasteiger partial charge in [0.1, 0.15) is 18.9 Å². The summed E-state index contributed by atoms with van der Waals surface area (Å²) in [7, 11) is 2.35. The second-order valence-electron chi connectivity index (χ2n) is 10.0. The number of piperidine rings is 1. The summed E-state index contributed by atoms with van der Waals surface area (Å²) in [6.45, 7) is 5.91. The summed E-state index contributed by atoms with van der Waals surface area (Å²) in [5.74, 6) is 0.695. The highest BCUT2D eigenvalue weighted by molar-refractivity contribution is 6.07. The van der Waals surface area contributed by atoms with E-state index in [2.05, 4.69) is 67.8 Å². The van der Waals surface area contributed by atoms with Crippen molar-refractivity contribution in [3.63, 3.8) is 0 Å². The average Bonchev–Trinajstić information content (AvgIpc) is 2.85. The molecular weight excluding hydrogens is 420 g/mol. The van der Waals surface area contributed by atoms with E-state index in [9.17, 15) is 4.79 Å². The largest absolute Gasteiger partial charge is 0.488 e. The summed E-state index contributed by atoms with van der Waals surface area (Å²) in [5, 5.41) is 3.04. The molecule has 4 nitrogen and oxygen atoms in total. The van der Waals surface area contributed by atoms with Gasteiger partial charge in [-0.1, -0.05) is 48.0 Å². The van der Waals surface area contributed by atoms with Crippen molar-refractivity contribution in [1.82, 2.24) is 0 Å². The van der Waals surface area contributed by atoms with E-state index in [0.717, 1.165) is 39.2 Å². The van der Waals surface area contributed by atoms with Gasteiger partial charge >= 0.3 is 0 Å². The number of nitrogens with zero attached hydrogens (tertiary/aromatic N) is 1. The summed E-state index contributed by atoms with van der Waals surface area (Å²) in [5.41, 5.74) is 7.20. The minimum absolute atomic E-state index is 0.117. The van der Waals surface area contributed by atoms with Crippen LogP contribution in [0.15, 0.2) is 72.3 Å². The van der Waals surface area contributed by atoms with E-state index >= 15 is 0 Å². The van der Waals surface area contributed by atoms with Gasteiger partial charge in [0.2, 0.25) is 0 Å². The van der Waals surface area contributed by atoms with Crippen LogP contribution in [0.25, 0.3) is 17.2 Å². The number of fused-ring (bicyclic) bond motifs is 1. The molecule has 0 atom stereocenters. The Balaban J connectivity index is 1.27. The minimum atomic E-state index is -0.117. The number of hydrogen-bond acceptors (Lipinski definition) is 2. The lowest BCUT2D eigenvalue weighted by atomic mass is 9.99. The Morgan fingerprint density at radius 1 is 0.912 bits per heavy atom. The maximum Gasteiger partial charge on any atom is 0.255 e. The van der Waals surface area contributed by atoms with E-state index in [0.29, 0.717) is 5.57 Å². The first kappa shape index (κ1) is 22.4. The lowest BCUT2D eigenvalue weighted by molar-refractivity contribution is -0.926. The number of benzene rings is 3. The van der Waals surface area contributed by atoms with E-state index in [-0.39, 0.29) is 12.5 Å². The molecule has 0 radical (unpaired) electrons. The van der Waals surface area contributed by atoms with Gasteiger partial charge in [-0.05, 0) is 67.7 Å². The summed E-state index contributed by atoms with van der Waals surface area (Å²) in [6, 6.07) is 22.9. The van der Waals surface area contributed by atoms with Crippen LogP contribution >= 0.6 is 0 Å². The van der Waals surface area contributed by atoms with Crippen molar-refractivity contribution in [2.45, 2.75) is 32.7 Å². The van der Waals surface area contributed by atoms with Crippen LogP contribution in [0, 0.1) is 6.92 Å². The third kappa shape index (κ3) is 5.07. The van der Waals surface area contributed by atoms with Crippen LogP contribution in [0.2, 0.25) is 0 Å². The van der Waals surface area contributed by atoms with Crippen molar-refractivity contribution in [3.05, 3.63) is 89.0 Å². The first-order valence-electron chi connectivity index (χ1n) is 12.3. The molecule has 34 heavy (non-hydrogen) atoms. The van der Waals surface area contributed by atoms with Crippen LogP contribution in [-0.2, 0) is 11.3 Å². The zero-order valence-corrected chi connectivity index (χ0v) is 20.1. The van der Waals surface area contributed by atoms with Gasteiger partial charge in [-0.25, -0.2) is 0 Å². The third-order valence-corrected chi connectivity index (χ3v) is 7.07. The molecule has 2 heterocycles. The van der Waals surface area contributed by atoms with Gasteiger partial charge in [0, 0.05) is 16.8 Å². The Hall–Kier alpha value is -3.37. The van der Waals surface area contributed by atoms with E-state index in [1.165, 1.54) is 43.5 Å². The van der Waals surface area contributed by atoms with E-state index < -0.39 is 0 Å². The second kappa shape index (κ2) is 9.47. The van der Waals surface area contributed by atoms with Crippen LogP contribution in [0.1, 0.15) is 36.0 Å². The van der Waals surface area contributed by atoms with Crippen molar-refractivity contribution in [2.24, 2.45) is 0 Å². The summed E-state index contributed by atoms with van der Waals surface area (Å²) < 4.78 is 7.00. The number of aryl methyl sites for hydroxylation is 1. The van der Waals surface area contributed by atoms with Crippen molar-refractivity contribution in [2.75, 3.05) is 32.1 Å². The Bertz CT molecular complexity index is 1200. The molecule has 1 saturated heterocycles. The van der Waals surface area contributed by atoms with Crippen molar-refractivity contribution in [3.8, 4) is 16.9 Å². The molecule has 3 aromatic carbocycles. The number of likely N-dealkylation sites (tertiary alicyclic amines) is 1. The Morgan fingerprint density at radius 3 is 2.35 bits per heavy atom. The van der Waals surface area contributed by atoms with Gasteiger partial charge in [0.05, 0.1) is 25.7 Å². The first-order valence-corrected chi connectivity index (χ1v) is 12.3.